The summed E-state index contributed by atoms with van der Waals surface area (Å²) in [6.07, 6.45) is 1.75. The van der Waals surface area contributed by atoms with Crippen molar-refractivity contribution in [2.45, 2.75) is 45.3 Å². The molecule has 2 aromatic rings. The molecule has 1 fully saturated rings. The molecule has 0 bridgehead atoms. The lowest BCUT2D eigenvalue weighted by Gasteiger charge is -2.39. The van der Waals surface area contributed by atoms with Gasteiger partial charge in [-0.15, -0.1) is 0 Å². The van der Waals surface area contributed by atoms with E-state index in [0.717, 1.165) is 19.3 Å². The number of carbonyl (C=O) groups is 2. The fourth-order valence-electron chi connectivity index (χ4n) is 3.95. The maximum Gasteiger partial charge on any atom is 0.263 e. The van der Waals surface area contributed by atoms with Gasteiger partial charge in [0.25, 0.3) is 11.8 Å². The van der Waals surface area contributed by atoms with Gasteiger partial charge in [0.2, 0.25) is 0 Å². The molecule has 1 unspecified atom stereocenters. The molecule has 6 nitrogen and oxygen atoms in total. The Balaban J connectivity index is 1.60. The molecule has 1 aliphatic heterocycles. The van der Waals surface area contributed by atoms with Gasteiger partial charge in [-0.1, -0.05) is 25.1 Å². The van der Waals surface area contributed by atoms with Crippen LogP contribution in [0.4, 0.5) is 0 Å². The summed E-state index contributed by atoms with van der Waals surface area (Å²) in [6, 6.07) is 18.3. The lowest BCUT2D eigenvalue weighted by Crippen LogP contribution is -2.52. The summed E-state index contributed by atoms with van der Waals surface area (Å²) in [4.78, 5) is 29.7. The van der Waals surface area contributed by atoms with Crippen LogP contribution in [-0.4, -0.2) is 53.4 Å². The molecule has 0 N–H and O–H groups in total. The van der Waals surface area contributed by atoms with E-state index >= 15 is 0 Å². The lowest BCUT2D eigenvalue weighted by molar-refractivity contribution is -0.141. The summed E-state index contributed by atoms with van der Waals surface area (Å²) in [5, 5.41) is 8.92. The van der Waals surface area contributed by atoms with Crippen LogP contribution in [0.1, 0.15) is 49.0 Å². The Morgan fingerprint density at radius 2 is 1.77 bits per heavy atom. The topological polar surface area (TPSA) is 73.6 Å². The van der Waals surface area contributed by atoms with Gasteiger partial charge in [-0.3, -0.25) is 9.59 Å². The number of benzene rings is 2. The van der Waals surface area contributed by atoms with Crippen LogP contribution in [0, 0.1) is 11.3 Å². The molecule has 3 rings (SSSR count). The minimum atomic E-state index is -0.622. The minimum absolute atomic E-state index is 0.0426. The van der Waals surface area contributed by atoms with E-state index < -0.39 is 6.10 Å². The van der Waals surface area contributed by atoms with Crippen LogP contribution in [-0.2, 0) is 4.79 Å². The number of piperidine rings is 1. The number of hydrogen-bond donors (Lipinski definition) is 0. The minimum Gasteiger partial charge on any atom is -0.481 e. The first-order valence-electron chi connectivity index (χ1n) is 10.8. The maximum atomic E-state index is 13.2. The van der Waals surface area contributed by atoms with Crippen LogP contribution in [0.15, 0.2) is 54.6 Å². The largest absolute Gasteiger partial charge is 0.481 e. The van der Waals surface area contributed by atoms with Crippen molar-refractivity contribution < 1.29 is 14.3 Å². The summed E-state index contributed by atoms with van der Waals surface area (Å²) in [5.41, 5.74) is 1.25. The number of ether oxygens (including phenoxy) is 1. The van der Waals surface area contributed by atoms with Crippen LogP contribution in [0.5, 0.6) is 5.75 Å². The Labute approximate surface area is 184 Å². The van der Waals surface area contributed by atoms with E-state index in [1.807, 2.05) is 40.1 Å². The molecule has 31 heavy (non-hydrogen) atoms. The highest BCUT2D eigenvalue weighted by molar-refractivity contribution is 5.94. The molecule has 0 aliphatic carbocycles. The zero-order valence-electron chi connectivity index (χ0n) is 18.2. The van der Waals surface area contributed by atoms with E-state index in [1.54, 1.807) is 31.2 Å². The van der Waals surface area contributed by atoms with Gasteiger partial charge in [-0.05, 0) is 62.6 Å². The summed E-state index contributed by atoms with van der Waals surface area (Å²) < 4.78 is 5.85. The average Bonchev–Trinajstić information content (AvgIpc) is 2.83. The van der Waals surface area contributed by atoms with Crippen molar-refractivity contribution in [1.29, 1.82) is 5.26 Å². The van der Waals surface area contributed by atoms with Gasteiger partial charge < -0.3 is 14.5 Å². The molecule has 1 saturated heterocycles. The molecule has 6 heteroatoms. The van der Waals surface area contributed by atoms with E-state index in [9.17, 15) is 9.59 Å². The van der Waals surface area contributed by atoms with E-state index in [2.05, 4.69) is 13.0 Å². The molecule has 2 aromatic carbocycles. The third-order valence-corrected chi connectivity index (χ3v) is 5.60. The smallest absolute Gasteiger partial charge is 0.263 e. The van der Waals surface area contributed by atoms with Crippen molar-refractivity contribution in [1.82, 2.24) is 9.80 Å². The standard InChI is InChI=1S/C25H29N3O3/c1-3-15-28(24(29)19(2)31-23-11-9-20(18-26)10-12-23)22-13-16-27(17-14-22)25(30)21-7-5-4-6-8-21/h4-12,19,22H,3,13-17H2,1-2H3. The van der Waals surface area contributed by atoms with E-state index in [0.29, 0.717) is 36.5 Å². The van der Waals surface area contributed by atoms with Crippen LogP contribution < -0.4 is 4.74 Å². The SMILES string of the molecule is CCCN(C(=O)C(C)Oc1ccc(C#N)cc1)C1CCN(C(=O)c2ccccc2)CC1. The van der Waals surface area contributed by atoms with Crippen molar-refractivity contribution in [2.24, 2.45) is 0 Å². The normalized spacial score (nSPS) is 15.1. The van der Waals surface area contributed by atoms with Crippen LogP contribution in [0.2, 0.25) is 0 Å². The Morgan fingerprint density at radius 3 is 2.35 bits per heavy atom. The number of hydrogen-bond acceptors (Lipinski definition) is 4. The van der Waals surface area contributed by atoms with Crippen molar-refractivity contribution >= 4 is 11.8 Å². The van der Waals surface area contributed by atoms with Crippen LogP contribution in [0.3, 0.4) is 0 Å². The predicted molar refractivity (Wildman–Crippen MR) is 119 cm³/mol. The Hall–Kier alpha value is -3.33. The van der Waals surface area contributed by atoms with Gasteiger partial charge in [0.05, 0.1) is 11.6 Å². The van der Waals surface area contributed by atoms with E-state index in [1.165, 1.54) is 0 Å². The number of likely N-dealkylation sites (tertiary alicyclic amines) is 1. The summed E-state index contributed by atoms with van der Waals surface area (Å²) in [5.74, 6) is 0.573. The monoisotopic (exact) mass is 419 g/mol. The highest BCUT2D eigenvalue weighted by atomic mass is 16.5. The molecule has 1 aliphatic rings. The molecular formula is C25H29N3O3. The van der Waals surface area contributed by atoms with Crippen LogP contribution >= 0.6 is 0 Å². The van der Waals surface area contributed by atoms with Gasteiger partial charge in [-0.25, -0.2) is 0 Å². The zero-order chi connectivity index (χ0) is 22.2. The molecule has 0 saturated carbocycles. The molecular weight excluding hydrogens is 390 g/mol. The highest BCUT2D eigenvalue weighted by Gasteiger charge is 2.32. The molecule has 0 spiro atoms. The van der Waals surface area contributed by atoms with Gasteiger partial charge in [0.15, 0.2) is 6.10 Å². The first-order valence-corrected chi connectivity index (χ1v) is 10.8. The fourth-order valence-corrected chi connectivity index (χ4v) is 3.95. The quantitative estimate of drug-likeness (QED) is 0.683. The molecule has 2 amide bonds. The molecule has 0 radical (unpaired) electrons. The predicted octanol–water partition coefficient (Wildman–Crippen LogP) is 3.87. The summed E-state index contributed by atoms with van der Waals surface area (Å²) in [6.45, 7) is 5.75. The maximum absolute atomic E-state index is 13.2. The van der Waals surface area contributed by atoms with E-state index in [4.69, 9.17) is 10.00 Å². The van der Waals surface area contributed by atoms with Gasteiger partial charge in [0.1, 0.15) is 5.75 Å². The van der Waals surface area contributed by atoms with Crippen molar-refractivity contribution in [3.63, 3.8) is 0 Å². The third kappa shape index (κ3) is 5.64. The second kappa shape index (κ2) is 10.6. The van der Waals surface area contributed by atoms with Crippen molar-refractivity contribution in [2.75, 3.05) is 19.6 Å². The molecule has 0 aromatic heterocycles. The summed E-state index contributed by atoms with van der Waals surface area (Å²) >= 11 is 0. The second-order valence-corrected chi connectivity index (χ2v) is 7.82. The van der Waals surface area contributed by atoms with Crippen molar-refractivity contribution in [3.8, 4) is 11.8 Å². The first-order chi connectivity index (χ1) is 15.0. The lowest BCUT2D eigenvalue weighted by atomic mass is 10.0. The number of nitrogens with zero attached hydrogens (tertiary/aromatic N) is 3. The number of rotatable bonds is 7. The Morgan fingerprint density at radius 1 is 1.13 bits per heavy atom. The Kier molecular flexibility index (Phi) is 7.66. The number of amides is 2. The zero-order valence-corrected chi connectivity index (χ0v) is 18.2. The first kappa shape index (κ1) is 22.4. The average molecular weight is 420 g/mol. The highest BCUT2D eigenvalue weighted by Crippen LogP contribution is 2.21. The van der Waals surface area contributed by atoms with Gasteiger partial charge >= 0.3 is 0 Å². The molecule has 1 heterocycles. The van der Waals surface area contributed by atoms with E-state index in [-0.39, 0.29) is 17.9 Å². The molecule has 1 atom stereocenters. The fraction of sp³-hybridized carbons (Fsp3) is 0.400. The molecule has 162 valence electrons. The number of carbonyl (C=O) groups excluding carboxylic acids is 2. The third-order valence-electron chi connectivity index (χ3n) is 5.60. The van der Waals surface area contributed by atoms with Crippen molar-refractivity contribution in [3.05, 3.63) is 65.7 Å². The van der Waals surface area contributed by atoms with Gasteiger partial charge in [0, 0.05) is 31.2 Å². The second-order valence-electron chi connectivity index (χ2n) is 7.82. The number of nitriles is 1. The Bertz CT molecular complexity index is 913. The summed E-state index contributed by atoms with van der Waals surface area (Å²) in [7, 11) is 0. The van der Waals surface area contributed by atoms with Crippen LogP contribution in [0.25, 0.3) is 0 Å². The van der Waals surface area contributed by atoms with Gasteiger partial charge in [-0.2, -0.15) is 5.26 Å².